The molecule has 0 amide bonds. The average Bonchev–Trinajstić information content (AvgIpc) is 2.48. The van der Waals surface area contributed by atoms with Crippen LogP contribution in [0.3, 0.4) is 0 Å². The molecule has 3 heteroatoms. The van der Waals surface area contributed by atoms with Gasteiger partial charge in [-0.2, -0.15) is 0 Å². The smallest absolute Gasteiger partial charge is 0.118 e. The highest BCUT2D eigenvalue weighted by molar-refractivity contribution is 5.27. The largest absolute Gasteiger partial charge is 0.497 e. The van der Waals surface area contributed by atoms with E-state index in [1.165, 1.54) is 31.5 Å². The lowest BCUT2D eigenvalue weighted by atomic mass is 9.97. The van der Waals surface area contributed by atoms with E-state index in [2.05, 4.69) is 48.3 Å². The van der Waals surface area contributed by atoms with Gasteiger partial charge in [-0.15, -0.1) is 0 Å². The Balaban J connectivity index is 1.77. The van der Waals surface area contributed by atoms with Gasteiger partial charge in [0.05, 0.1) is 7.11 Å². The first-order chi connectivity index (χ1) is 10.2. The van der Waals surface area contributed by atoms with Crippen molar-refractivity contribution in [3.8, 4) is 5.75 Å². The molecule has 0 aromatic heterocycles. The van der Waals surface area contributed by atoms with Crippen molar-refractivity contribution in [2.75, 3.05) is 33.3 Å². The summed E-state index contributed by atoms with van der Waals surface area (Å²) in [4.78, 5) is 2.59. The minimum absolute atomic E-state index is 0.740. The number of nitrogens with zero attached hydrogens (tertiary/aromatic N) is 1. The first-order valence-electron chi connectivity index (χ1n) is 8.23. The van der Waals surface area contributed by atoms with E-state index in [9.17, 15) is 0 Å². The lowest BCUT2D eigenvalue weighted by Crippen LogP contribution is -2.39. The van der Waals surface area contributed by atoms with E-state index in [0.29, 0.717) is 0 Å². The van der Waals surface area contributed by atoms with Crippen molar-refractivity contribution in [1.82, 2.24) is 10.2 Å². The van der Waals surface area contributed by atoms with Crippen molar-refractivity contribution in [2.45, 2.75) is 33.2 Å². The third kappa shape index (κ3) is 5.68. The van der Waals surface area contributed by atoms with E-state index < -0.39 is 0 Å². The summed E-state index contributed by atoms with van der Waals surface area (Å²) >= 11 is 0. The molecule has 1 aliphatic heterocycles. The third-order valence-electron chi connectivity index (χ3n) is 4.15. The van der Waals surface area contributed by atoms with Gasteiger partial charge in [-0.1, -0.05) is 26.0 Å². The van der Waals surface area contributed by atoms with Crippen LogP contribution in [0.5, 0.6) is 5.75 Å². The summed E-state index contributed by atoms with van der Waals surface area (Å²) in [5.74, 6) is 2.48. The Bertz CT molecular complexity index is 402. The minimum atomic E-state index is 0.740. The molecular formula is C18H30N2O. The zero-order chi connectivity index (χ0) is 15.1. The zero-order valence-corrected chi connectivity index (χ0v) is 13.8. The molecule has 118 valence electrons. The molecule has 1 atom stereocenters. The van der Waals surface area contributed by atoms with Crippen LogP contribution >= 0.6 is 0 Å². The van der Waals surface area contributed by atoms with Crippen LogP contribution in [-0.4, -0.2) is 38.2 Å². The zero-order valence-electron chi connectivity index (χ0n) is 13.8. The number of hydrogen-bond acceptors (Lipinski definition) is 3. The molecule has 1 heterocycles. The molecule has 21 heavy (non-hydrogen) atoms. The van der Waals surface area contributed by atoms with Gasteiger partial charge in [-0.05, 0) is 62.0 Å². The van der Waals surface area contributed by atoms with Crippen LogP contribution in [0.4, 0.5) is 0 Å². The van der Waals surface area contributed by atoms with Gasteiger partial charge in [0.1, 0.15) is 5.75 Å². The molecule has 1 aliphatic rings. The van der Waals surface area contributed by atoms with Crippen LogP contribution in [0.2, 0.25) is 0 Å². The van der Waals surface area contributed by atoms with Crippen molar-refractivity contribution in [2.24, 2.45) is 11.8 Å². The van der Waals surface area contributed by atoms with Crippen LogP contribution in [0.1, 0.15) is 32.3 Å². The van der Waals surface area contributed by atoms with E-state index in [1.807, 2.05) is 0 Å². The molecule has 1 aromatic carbocycles. The number of benzene rings is 1. The number of ether oxygens (including phenoxy) is 1. The Kier molecular flexibility index (Phi) is 6.52. The maximum absolute atomic E-state index is 5.22. The Labute approximate surface area is 129 Å². The Morgan fingerprint density at radius 2 is 2.05 bits per heavy atom. The van der Waals surface area contributed by atoms with Crippen molar-refractivity contribution in [3.63, 3.8) is 0 Å². The van der Waals surface area contributed by atoms with Gasteiger partial charge in [0.2, 0.25) is 0 Å². The minimum Gasteiger partial charge on any atom is -0.497 e. The van der Waals surface area contributed by atoms with E-state index in [4.69, 9.17) is 4.74 Å². The Hall–Kier alpha value is -1.06. The maximum Gasteiger partial charge on any atom is 0.118 e. The number of hydrogen-bond donors (Lipinski definition) is 1. The fourth-order valence-corrected chi connectivity index (χ4v) is 3.03. The lowest BCUT2D eigenvalue weighted by molar-refractivity contribution is 0.165. The Morgan fingerprint density at radius 3 is 2.71 bits per heavy atom. The van der Waals surface area contributed by atoms with Crippen LogP contribution in [0.25, 0.3) is 0 Å². The van der Waals surface area contributed by atoms with Crippen molar-refractivity contribution in [3.05, 3.63) is 29.8 Å². The highest BCUT2D eigenvalue weighted by Gasteiger charge is 2.19. The van der Waals surface area contributed by atoms with E-state index in [1.54, 1.807) is 7.11 Å². The predicted octanol–water partition coefficient (Wildman–Crippen LogP) is 3.15. The molecule has 1 saturated heterocycles. The van der Waals surface area contributed by atoms with Crippen molar-refractivity contribution < 1.29 is 4.74 Å². The summed E-state index contributed by atoms with van der Waals surface area (Å²) in [6, 6.07) is 8.47. The number of piperidine rings is 1. The molecular weight excluding hydrogens is 260 g/mol. The monoisotopic (exact) mass is 290 g/mol. The van der Waals surface area contributed by atoms with Gasteiger partial charge < -0.3 is 10.1 Å². The van der Waals surface area contributed by atoms with E-state index >= 15 is 0 Å². The predicted molar refractivity (Wildman–Crippen MR) is 88.7 cm³/mol. The third-order valence-corrected chi connectivity index (χ3v) is 4.15. The molecule has 1 unspecified atom stereocenters. The Morgan fingerprint density at radius 1 is 1.29 bits per heavy atom. The fourth-order valence-electron chi connectivity index (χ4n) is 3.03. The van der Waals surface area contributed by atoms with E-state index in [-0.39, 0.29) is 0 Å². The number of methoxy groups -OCH3 is 1. The lowest BCUT2D eigenvalue weighted by Gasteiger charge is -2.33. The van der Waals surface area contributed by atoms with Gasteiger partial charge in [0, 0.05) is 13.1 Å². The SMILES string of the molecule is COc1ccc(CN2CCCC(CNCC(C)C)C2)cc1. The molecule has 2 rings (SSSR count). The molecule has 0 spiro atoms. The quantitative estimate of drug-likeness (QED) is 0.835. The standard InChI is InChI=1S/C18H30N2O/c1-15(2)11-19-12-17-5-4-10-20(14-17)13-16-6-8-18(21-3)9-7-16/h6-9,15,17,19H,4-5,10-14H2,1-3H3. The molecule has 0 aliphatic carbocycles. The summed E-state index contributed by atoms with van der Waals surface area (Å²) in [6.45, 7) is 10.3. The maximum atomic E-state index is 5.22. The summed E-state index contributed by atoms with van der Waals surface area (Å²) in [6.07, 6.45) is 2.69. The second-order valence-corrected chi connectivity index (χ2v) is 6.64. The molecule has 0 saturated carbocycles. The van der Waals surface area contributed by atoms with Crippen LogP contribution in [0.15, 0.2) is 24.3 Å². The van der Waals surface area contributed by atoms with Crippen LogP contribution < -0.4 is 10.1 Å². The van der Waals surface area contributed by atoms with Crippen molar-refractivity contribution in [1.29, 1.82) is 0 Å². The topological polar surface area (TPSA) is 24.5 Å². The molecule has 1 fully saturated rings. The number of nitrogens with one attached hydrogen (secondary N) is 1. The van der Waals surface area contributed by atoms with Crippen LogP contribution in [-0.2, 0) is 6.54 Å². The fraction of sp³-hybridized carbons (Fsp3) is 0.667. The van der Waals surface area contributed by atoms with Crippen molar-refractivity contribution >= 4 is 0 Å². The van der Waals surface area contributed by atoms with Gasteiger partial charge in [-0.25, -0.2) is 0 Å². The first kappa shape index (κ1) is 16.3. The molecule has 1 aromatic rings. The normalized spacial score (nSPS) is 19.9. The summed E-state index contributed by atoms with van der Waals surface area (Å²) in [5.41, 5.74) is 1.38. The van der Waals surface area contributed by atoms with Gasteiger partial charge in [0.25, 0.3) is 0 Å². The summed E-state index contributed by atoms with van der Waals surface area (Å²) in [5, 5.41) is 3.61. The molecule has 3 nitrogen and oxygen atoms in total. The second kappa shape index (κ2) is 8.40. The highest BCUT2D eigenvalue weighted by atomic mass is 16.5. The first-order valence-corrected chi connectivity index (χ1v) is 8.23. The van der Waals surface area contributed by atoms with Crippen LogP contribution in [0, 0.1) is 11.8 Å². The summed E-state index contributed by atoms with van der Waals surface area (Å²) < 4.78 is 5.22. The number of rotatable bonds is 7. The number of likely N-dealkylation sites (tertiary alicyclic amines) is 1. The molecule has 0 radical (unpaired) electrons. The highest BCUT2D eigenvalue weighted by Crippen LogP contribution is 2.19. The summed E-state index contributed by atoms with van der Waals surface area (Å²) in [7, 11) is 1.72. The van der Waals surface area contributed by atoms with Gasteiger partial charge in [-0.3, -0.25) is 4.90 Å². The van der Waals surface area contributed by atoms with Gasteiger partial charge in [0.15, 0.2) is 0 Å². The molecule has 0 bridgehead atoms. The van der Waals surface area contributed by atoms with E-state index in [0.717, 1.165) is 37.2 Å². The molecule has 1 N–H and O–H groups in total. The second-order valence-electron chi connectivity index (χ2n) is 6.64. The average molecular weight is 290 g/mol. The van der Waals surface area contributed by atoms with Gasteiger partial charge >= 0.3 is 0 Å².